The van der Waals surface area contributed by atoms with Crippen molar-refractivity contribution < 1.29 is 4.42 Å². The van der Waals surface area contributed by atoms with Crippen molar-refractivity contribution in [2.24, 2.45) is 0 Å². The van der Waals surface area contributed by atoms with Crippen LogP contribution < -0.4 is 5.32 Å². The van der Waals surface area contributed by atoms with Gasteiger partial charge in [-0.05, 0) is 33.9 Å². The van der Waals surface area contributed by atoms with Gasteiger partial charge in [0.25, 0.3) is 0 Å². The van der Waals surface area contributed by atoms with E-state index in [4.69, 9.17) is 4.42 Å². The summed E-state index contributed by atoms with van der Waals surface area (Å²) in [6.45, 7) is 7.01. The molecule has 0 aliphatic rings. The van der Waals surface area contributed by atoms with Crippen LogP contribution in [0.4, 0.5) is 0 Å². The van der Waals surface area contributed by atoms with Gasteiger partial charge in [-0.1, -0.05) is 0 Å². The Labute approximate surface area is 102 Å². The van der Waals surface area contributed by atoms with E-state index in [0.29, 0.717) is 6.04 Å². The lowest BCUT2D eigenvalue weighted by Crippen LogP contribution is -2.04. The molecular weight excluding hydrogens is 214 g/mol. The van der Waals surface area contributed by atoms with E-state index in [-0.39, 0.29) is 0 Å². The third-order valence-electron chi connectivity index (χ3n) is 2.82. The van der Waals surface area contributed by atoms with Crippen molar-refractivity contribution in [3.05, 3.63) is 30.0 Å². The second kappa shape index (κ2) is 4.75. The number of hydrogen-bond donors (Lipinski definition) is 1. The van der Waals surface area contributed by atoms with Crippen LogP contribution in [0.15, 0.2) is 22.9 Å². The fraction of sp³-hybridized carbons (Fsp3) is 0.462. The molecule has 0 aromatic carbocycles. The molecule has 0 radical (unpaired) electrons. The van der Waals surface area contributed by atoms with Gasteiger partial charge in [-0.3, -0.25) is 4.68 Å². The molecule has 0 bridgehead atoms. The second-order valence-electron chi connectivity index (χ2n) is 4.49. The molecule has 0 amide bonds. The lowest BCUT2D eigenvalue weighted by Gasteiger charge is -2.03. The molecule has 0 saturated heterocycles. The Balaban J connectivity index is 2.41. The Morgan fingerprint density at radius 2 is 2.18 bits per heavy atom. The van der Waals surface area contributed by atoms with Gasteiger partial charge in [0.1, 0.15) is 5.76 Å². The summed E-state index contributed by atoms with van der Waals surface area (Å²) in [5, 5.41) is 7.63. The third kappa shape index (κ3) is 2.26. The largest absolute Gasteiger partial charge is 0.467 e. The summed E-state index contributed by atoms with van der Waals surface area (Å²) in [5.41, 5.74) is 3.32. The Morgan fingerprint density at radius 3 is 2.76 bits per heavy atom. The quantitative estimate of drug-likeness (QED) is 0.883. The first kappa shape index (κ1) is 11.9. The molecule has 92 valence electrons. The van der Waals surface area contributed by atoms with Crippen LogP contribution in [0.25, 0.3) is 11.1 Å². The van der Waals surface area contributed by atoms with Crippen LogP contribution in [0, 0.1) is 6.92 Å². The number of nitrogens with zero attached hydrogens (tertiary/aromatic N) is 2. The third-order valence-corrected chi connectivity index (χ3v) is 2.82. The SMILES string of the molecule is CNCc1occc1-c1cn(C(C)C)nc1C. The summed E-state index contributed by atoms with van der Waals surface area (Å²) < 4.78 is 7.47. The van der Waals surface area contributed by atoms with Crippen molar-refractivity contribution in [3.8, 4) is 11.1 Å². The van der Waals surface area contributed by atoms with Crippen molar-refractivity contribution in [2.45, 2.75) is 33.4 Å². The zero-order valence-electron chi connectivity index (χ0n) is 10.8. The molecule has 0 atom stereocenters. The molecule has 2 rings (SSSR count). The van der Waals surface area contributed by atoms with E-state index in [1.54, 1.807) is 6.26 Å². The van der Waals surface area contributed by atoms with Crippen LogP contribution in [0.1, 0.15) is 31.3 Å². The molecule has 1 N–H and O–H groups in total. The fourth-order valence-corrected chi connectivity index (χ4v) is 1.89. The molecule has 2 heterocycles. The molecule has 0 unspecified atom stereocenters. The highest BCUT2D eigenvalue weighted by Crippen LogP contribution is 2.28. The topological polar surface area (TPSA) is 43.0 Å². The van der Waals surface area contributed by atoms with E-state index in [0.717, 1.165) is 29.1 Å². The molecule has 0 spiro atoms. The van der Waals surface area contributed by atoms with Crippen LogP contribution in [-0.4, -0.2) is 16.8 Å². The van der Waals surface area contributed by atoms with E-state index in [1.165, 1.54) is 0 Å². The van der Waals surface area contributed by atoms with Crippen LogP contribution in [0.3, 0.4) is 0 Å². The van der Waals surface area contributed by atoms with Crippen molar-refractivity contribution in [3.63, 3.8) is 0 Å². The van der Waals surface area contributed by atoms with Crippen LogP contribution in [-0.2, 0) is 6.54 Å². The Morgan fingerprint density at radius 1 is 1.41 bits per heavy atom. The van der Waals surface area contributed by atoms with Gasteiger partial charge in [0.2, 0.25) is 0 Å². The van der Waals surface area contributed by atoms with E-state index in [9.17, 15) is 0 Å². The molecule has 0 fully saturated rings. The zero-order valence-corrected chi connectivity index (χ0v) is 10.8. The van der Waals surface area contributed by atoms with Crippen molar-refractivity contribution in [1.82, 2.24) is 15.1 Å². The second-order valence-corrected chi connectivity index (χ2v) is 4.49. The molecule has 2 aromatic rings. The van der Waals surface area contributed by atoms with Gasteiger partial charge in [0.15, 0.2) is 0 Å². The maximum absolute atomic E-state index is 5.48. The average molecular weight is 233 g/mol. The van der Waals surface area contributed by atoms with Gasteiger partial charge in [-0.2, -0.15) is 5.10 Å². The van der Waals surface area contributed by atoms with E-state index in [1.807, 2.05) is 24.7 Å². The first-order valence-corrected chi connectivity index (χ1v) is 5.90. The summed E-state index contributed by atoms with van der Waals surface area (Å²) in [6, 6.07) is 2.38. The molecule has 0 aliphatic heterocycles. The van der Waals surface area contributed by atoms with Gasteiger partial charge < -0.3 is 9.73 Å². The molecule has 4 heteroatoms. The Hall–Kier alpha value is -1.55. The molecule has 17 heavy (non-hydrogen) atoms. The Bertz CT molecular complexity index is 496. The van der Waals surface area contributed by atoms with Crippen LogP contribution in [0.5, 0.6) is 0 Å². The predicted molar refractivity (Wildman–Crippen MR) is 67.8 cm³/mol. The van der Waals surface area contributed by atoms with Crippen molar-refractivity contribution >= 4 is 0 Å². The normalized spacial score (nSPS) is 11.4. The first-order valence-electron chi connectivity index (χ1n) is 5.90. The number of nitrogens with one attached hydrogen (secondary N) is 1. The Kier molecular flexibility index (Phi) is 3.33. The predicted octanol–water partition coefficient (Wildman–Crippen LogP) is 2.75. The maximum Gasteiger partial charge on any atom is 0.125 e. The lowest BCUT2D eigenvalue weighted by molar-refractivity contribution is 0.496. The highest BCUT2D eigenvalue weighted by atomic mass is 16.3. The number of furan rings is 1. The van der Waals surface area contributed by atoms with Crippen LogP contribution >= 0.6 is 0 Å². The summed E-state index contributed by atoms with van der Waals surface area (Å²) in [7, 11) is 1.91. The lowest BCUT2D eigenvalue weighted by atomic mass is 10.1. The fourth-order valence-electron chi connectivity index (χ4n) is 1.89. The van der Waals surface area contributed by atoms with Gasteiger partial charge in [-0.25, -0.2) is 0 Å². The summed E-state index contributed by atoms with van der Waals surface area (Å²) in [4.78, 5) is 0. The number of aryl methyl sites for hydroxylation is 1. The number of hydrogen-bond acceptors (Lipinski definition) is 3. The van der Waals surface area contributed by atoms with Crippen molar-refractivity contribution in [1.29, 1.82) is 0 Å². The maximum atomic E-state index is 5.48. The van der Waals surface area contributed by atoms with E-state index >= 15 is 0 Å². The summed E-state index contributed by atoms with van der Waals surface area (Å²) >= 11 is 0. The summed E-state index contributed by atoms with van der Waals surface area (Å²) in [5.74, 6) is 0.957. The zero-order chi connectivity index (χ0) is 12.4. The van der Waals surface area contributed by atoms with Crippen LogP contribution in [0.2, 0.25) is 0 Å². The molecular formula is C13H19N3O. The van der Waals surface area contributed by atoms with Gasteiger partial charge in [0, 0.05) is 23.4 Å². The van der Waals surface area contributed by atoms with Crippen molar-refractivity contribution in [2.75, 3.05) is 7.05 Å². The van der Waals surface area contributed by atoms with Gasteiger partial charge in [0.05, 0.1) is 18.5 Å². The molecule has 0 saturated carbocycles. The molecule has 2 aromatic heterocycles. The highest BCUT2D eigenvalue weighted by Gasteiger charge is 2.14. The summed E-state index contributed by atoms with van der Waals surface area (Å²) in [6.07, 6.45) is 3.82. The highest BCUT2D eigenvalue weighted by molar-refractivity contribution is 5.67. The minimum Gasteiger partial charge on any atom is -0.467 e. The molecule has 4 nitrogen and oxygen atoms in total. The smallest absolute Gasteiger partial charge is 0.125 e. The minimum absolute atomic E-state index is 0.377. The standard InChI is InChI=1S/C13H19N3O/c1-9(2)16-8-12(10(3)15-16)11-5-6-17-13(11)7-14-4/h5-6,8-9,14H,7H2,1-4H3. The minimum atomic E-state index is 0.377. The van der Waals surface area contributed by atoms with Gasteiger partial charge >= 0.3 is 0 Å². The number of rotatable bonds is 4. The van der Waals surface area contributed by atoms with E-state index in [2.05, 4.69) is 30.5 Å². The molecule has 0 aliphatic carbocycles. The average Bonchev–Trinajstić information content (AvgIpc) is 2.85. The monoisotopic (exact) mass is 233 g/mol. The van der Waals surface area contributed by atoms with Gasteiger partial charge in [-0.15, -0.1) is 0 Å². The van der Waals surface area contributed by atoms with E-state index < -0.39 is 0 Å². The number of aromatic nitrogens is 2. The first-order chi connectivity index (χ1) is 8.13.